The lowest BCUT2D eigenvalue weighted by atomic mass is 10.2. The number of carbonyl (C=O) groups is 2. The van der Waals surface area contributed by atoms with E-state index in [2.05, 4.69) is 15.5 Å². The van der Waals surface area contributed by atoms with E-state index in [1.807, 2.05) is 26.8 Å². The van der Waals surface area contributed by atoms with Gasteiger partial charge in [-0.15, -0.1) is 0 Å². The van der Waals surface area contributed by atoms with Gasteiger partial charge < -0.3 is 14.7 Å². The van der Waals surface area contributed by atoms with Crippen LogP contribution in [0.25, 0.3) is 0 Å². The van der Waals surface area contributed by atoms with Gasteiger partial charge in [0.25, 0.3) is 5.91 Å². The highest BCUT2D eigenvalue weighted by atomic mass is 32.2. The largest absolute Gasteiger partial charge is 0.361 e. The van der Waals surface area contributed by atoms with Crippen LogP contribution in [-0.4, -0.2) is 46.5 Å². The van der Waals surface area contributed by atoms with Crippen molar-refractivity contribution in [1.29, 1.82) is 0 Å². The van der Waals surface area contributed by atoms with Crippen LogP contribution in [0.4, 0.5) is 0 Å². The Morgan fingerprint density at radius 3 is 2.80 bits per heavy atom. The first-order chi connectivity index (χ1) is 12.0. The number of aromatic nitrogens is 2. The third-order valence-corrected chi connectivity index (χ3v) is 4.45. The van der Waals surface area contributed by atoms with Crippen LogP contribution in [0.3, 0.4) is 0 Å². The molecule has 134 valence electrons. The Morgan fingerprint density at radius 1 is 1.36 bits per heavy atom. The monoisotopic (exact) mass is 362 g/mol. The quantitative estimate of drug-likeness (QED) is 0.725. The first-order valence-electron chi connectivity index (χ1n) is 8.11. The lowest BCUT2D eigenvalue weighted by Gasteiger charge is -2.21. The van der Waals surface area contributed by atoms with Crippen LogP contribution in [0.2, 0.25) is 0 Å². The summed E-state index contributed by atoms with van der Waals surface area (Å²) in [5.74, 6) is 0.915. The summed E-state index contributed by atoms with van der Waals surface area (Å²) in [7, 11) is 0. The summed E-state index contributed by atoms with van der Waals surface area (Å²) in [5.41, 5.74) is 1.28. The van der Waals surface area contributed by atoms with Crippen molar-refractivity contribution >= 4 is 23.6 Å². The maximum absolute atomic E-state index is 12.8. The molecule has 2 heterocycles. The summed E-state index contributed by atoms with van der Waals surface area (Å²) in [4.78, 5) is 30.4. The predicted molar refractivity (Wildman–Crippen MR) is 95.3 cm³/mol. The molecule has 0 aliphatic carbocycles. The number of nitrogens with one attached hydrogen (secondary N) is 1. The van der Waals surface area contributed by atoms with Crippen LogP contribution in [0.1, 0.15) is 35.7 Å². The van der Waals surface area contributed by atoms with E-state index in [0.717, 1.165) is 11.5 Å². The van der Waals surface area contributed by atoms with E-state index in [9.17, 15) is 9.59 Å². The van der Waals surface area contributed by atoms with Gasteiger partial charge in [-0.3, -0.25) is 9.59 Å². The standard InChI is InChI=1S/C17H22N4O3S/c1-4-18-15(22)10-21(5-2)17(23)14-7-6-8-19-16(14)25-11-13-9-12(3)24-20-13/h6-9H,4-5,10-11H2,1-3H3,(H,18,22). The zero-order valence-electron chi connectivity index (χ0n) is 14.6. The topological polar surface area (TPSA) is 88.3 Å². The lowest BCUT2D eigenvalue weighted by Crippen LogP contribution is -2.40. The summed E-state index contributed by atoms with van der Waals surface area (Å²) in [5, 5.41) is 7.27. The molecule has 1 N–H and O–H groups in total. The molecule has 0 fully saturated rings. The smallest absolute Gasteiger partial charge is 0.257 e. The summed E-state index contributed by atoms with van der Waals surface area (Å²) >= 11 is 1.42. The molecule has 0 aromatic carbocycles. The van der Waals surface area contributed by atoms with Gasteiger partial charge in [0.2, 0.25) is 5.91 Å². The number of rotatable bonds is 8. The molecule has 0 unspecified atom stereocenters. The van der Waals surface area contributed by atoms with E-state index in [0.29, 0.717) is 29.4 Å². The zero-order valence-corrected chi connectivity index (χ0v) is 15.4. The minimum atomic E-state index is -0.208. The maximum Gasteiger partial charge on any atom is 0.257 e. The van der Waals surface area contributed by atoms with Crippen LogP contribution in [0.15, 0.2) is 33.9 Å². The van der Waals surface area contributed by atoms with E-state index in [1.54, 1.807) is 18.3 Å². The molecule has 0 aliphatic heterocycles. The van der Waals surface area contributed by atoms with Crippen molar-refractivity contribution in [3.05, 3.63) is 41.4 Å². The molecule has 25 heavy (non-hydrogen) atoms. The van der Waals surface area contributed by atoms with E-state index < -0.39 is 0 Å². The minimum Gasteiger partial charge on any atom is -0.361 e. The molecule has 0 radical (unpaired) electrons. The van der Waals surface area contributed by atoms with Gasteiger partial charge in [-0.25, -0.2) is 4.98 Å². The molecule has 2 aromatic rings. The summed E-state index contributed by atoms with van der Waals surface area (Å²) in [6, 6.07) is 5.30. The Balaban J connectivity index is 2.11. The first-order valence-corrected chi connectivity index (χ1v) is 9.09. The van der Waals surface area contributed by atoms with Crippen molar-refractivity contribution in [3.8, 4) is 0 Å². The van der Waals surface area contributed by atoms with Crippen molar-refractivity contribution < 1.29 is 14.1 Å². The van der Waals surface area contributed by atoms with Gasteiger partial charge in [-0.1, -0.05) is 16.9 Å². The minimum absolute atomic E-state index is 0.0324. The van der Waals surface area contributed by atoms with Gasteiger partial charge in [-0.2, -0.15) is 0 Å². The van der Waals surface area contributed by atoms with Crippen LogP contribution >= 0.6 is 11.8 Å². The molecule has 0 aliphatic rings. The van der Waals surface area contributed by atoms with E-state index >= 15 is 0 Å². The van der Waals surface area contributed by atoms with Gasteiger partial charge >= 0.3 is 0 Å². The zero-order chi connectivity index (χ0) is 18.2. The second kappa shape index (κ2) is 9.22. The number of nitrogens with zero attached hydrogens (tertiary/aromatic N) is 3. The summed E-state index contributed by atoms with van der Waals surface area (Å²) in [6.45, 7) is 6.53. The molecule has 0 bridgehead atoms. The van der Waals surface area contributed by atoms with Crippen molar-refractivity contribution in [2.24, 2.45) is 0 Å². The number of hydrogen-bond acceptors (Lipinski definition) is 6. The molecule has 2 amide bonds. The molecular formula is C17H22N4O3S. The van der Waals surface area contributed by atoms with Crippen molar-refractivity contribution in [1.82, 2.24) is 20.4 Å². The number of aryl methyl sites for hydroxylation is 1. The van der Waals surface area contributed by atoms with Crippen molar-refractivity contribution in [2.45, 2.75) is 31.6 Å². The van der Waals surface area contributed by atoms with Crippen LogP contribution in [-0.2, 0) is 10.5 Å². The van der Waals surface area contributed by atoms with Gasteiger partial charge in [0.1, 0.15) is 10.8 Å². The van der Waals surface area contributed by atoms with Crippen molar-refractivity contribution in [3.63, 3.8) is 0 Å². The molecular weight excluding hydrogens is 340 g/mol. The Labute approximate surface area is 151 Å². The van der Waals surface area contributed by atoms with Gasteiger partial charge in [0.15, 0.2) is 0 Å². The lowest BCUT2D eigenvalue weighted by molar-refractivity contribution is -0.121. The van der Waals surface area contributed by atoms with E-state index in [-0.39, 0.29) is 18.4 Å². The molecule has 0 spiro atoms. The molecule has 2 rings (SSSR count). The Morgan fingerprint density at radius 2 is 2.16 bits per heavy atom. The Kier molecular flexibility index (Phi) is 7.00. The number of likely N-dealkylation sites (N-methyl/N-ethyl adjacent to an activating group) is 2. The molecule has 0 saturated carbocycles. The molecule has 0 atom stereocenters. The summed E-state index contributed by atoms with van der Waals surface area (Å²) in [6.07, 6.45) is 1.65. The fourth-order valence-electron chi connectivity index (χ4n) is 2.22. The number of hydrogen-bond donors (Lipinski definition) is 1. The number of thioether (sulfide) groups is 1. The molecule has 2 aromatic heterocycles. The fraction of sp³-hybridized carbons (Fsp3) is 0.412. The summed E-state index contributed by atoms with van der Waals surface area (Å²) < 4.78 is 5.05. The van der Waals surface area contributed by atoms with Gasteiger partial charge in [-0.05, 0) is 32.9 Å². The highest BCUT2D eigenvalue weighted by Crippen LogP contribution is 2.25. The number of amides is 2. The fourth-order valence-corrected chi connectivity index (χ4v) is 3.09. The molecule has 8 heteroatoms. The average Bonchev–Trinajstić information content (AvgIpc) is 3.03. The third-order valence-electron chi connectivity index (χ3n) is 3.41. The van der Waals surface area contributed by atoms with Crippen molar-refractivity contribution in [2.75, 3.05) is 19.6 Å². The average molecular weight is 362 g/mol. The van der Waals surface area contributed by atoms with Crippen LogP contribution in [0.5, 0.6) is 0 Å². The normalized spacial score (nSPS) is 10.5. The number of carbonyl (C=O) groups excluding carboxylic acids is 2. The van der Waals surface area contributed by atoms with E-state index in [4.69, 9.17) is 4.52 Å². The predicted octanol–water partition coefficient (Wildman–Crippen LogP) is 2.27. The van der Waals surface area contributed by atoms with Crippen LogP contribution in [0, 0.1) is 6.92 Å². The number of pyridine rings is 1. The molecule has 0 saturated heterocycles. The highest BCUT2D eigenvalue weighted by molar-refractivity contribution is 7.98. The Hall–Kier alpha value is -2.35. The maximum atomic E-state index is 12.8. The molecule has 7 nitrogen and oxygen atoms in total. The van der Waals surface area contributed by atoms with Gasteiger partial charge in [0, 0.05) is 31.1 Å². The third kappa shape index (κ3) is 5.32. The highest BCUT2D eigenvalue weighted by Gasteiger charge is 2.21. The second-order valence-corrected chi connectivity index (χ2v) is 6.31. The Bertz CT molecular complexity index is 732. The van der Waals surface area contributed by atoms with Gasteiger partial charge in [0.05, 0.1) is 17.8 Å². The van der Waals surface area contributed by atoms with E-state index in [1.165, 1.54) is 16.7 Å². The first kappa shape index (κ1) is 19.0. The van der Waals surface area contributed by atoms with Crippen LogP contribution < -0.4 is 5.32 Å². The SMILES string of the molecule is CCNC(=O)CN(CC)C(=O)c1cccnc1SCc1cc(C)on1. The second-order valence-electron chi connectivity index (χ2n) is 5.35.